The van der Waals surface area contributed by atoms with Gasteiger partial charge >= 0.3 is 0 Å². The van der Waals surface area contributed by atoms with Crippen LogP contribution in [0.3, 0.4) is 0 Å². The van der Waals surface area contributed by atoms with Gasteiger partial charge in [-0.2, -0.15) is 5.10 Å². The molecule has 1 unspecified atom stereocenters. The molecule has 2 N–H and O–H groups in total. The van der Waals surface area contributed by atoms with Gasteiger partial charge in [0.25, 0.3) is 0 Å². The molecule has 0 saturated carbocycles. The fourth-order valence-electron chi connectivity index (χ4n) is 2.09. The van der Waals surface area contributed by atoms with Gasteiger partial charge in [0.05, 0.1) is 19.3 Å². The number of hydrogen-bond donors (Lipinski definition) is 1. The zero-order valence-corrected chi connectivity index (χ0v) is 13.0. The zero-order valence-electron chi connectivity index (χ0n) is 12.3. The summed E-state index contributed by atoms with van der Waals surface area (Å²) in [6.07, 6.45) is 2.66. The first kappa shape index (κ1) is 15.7. The molecule has 6 heteroatoms. The van der Waals surface area contributed by atoms with Crippen LogP contribution in [0.1, 0.15) is 25.1 Å². The molecule has 2 aromatic rings. The van der Waals surface area contributed by atoms with Crippen LogP contribution < -0.4 is 15.2 Å². The molecule has 0 bridgehead atoms. The summed E-state index contributed by atoms with van der Waals surface area (Å²) in [7, 11) is 1.61. The molecule has 0 aliphatic rings. The lowest BCUT2D eigenvalue weighted by atomic mass is 10.2. The van der Waals surface area contributed by atoms with Crippen LogP contribution in [0.25, 0.3) is 0 Å². The third-order valence-corrected chi connectivity index (χ3v) is 3.35. The minimum Gasteiger partial charge on any atom is -0.493 e. The lowest BCUT2D eigenvalue weighted by Crippen LogP contribution is -2.23. The van der Waals surface area contributed by atoms with Crippen molar-refractivity contribution < 1.29 is 9.47 Å². The molecule has 1 aromatic carbocycles. The molecule has 0 amide bonds. The molecular weight excluding hydrogens is 290 g/mol. The summed E-state index contributed by atoms with van der Waals surface area (Å²) in [5.74, 6) is 1.42. The van der Waals surface area contributed by atoms with Gasteiger partial charge in [-0.25, -0.2) is 0 Å². The van der Waals surface area contributed by atoms with Crippen LogP contribution in [0, 0.1) is 0 Å². The number of nitrogens with two attached hydrogens (primary N) is 1. The number of rotatable bonds is 7. The Labute approximate surface area is 129 Å². The van der Waals surface area contributed by atoms with Gasteiger partial charge in [-0.3, -0.25) is 4.68 Å². The topological polar surface area (TPSA) is 62.3 Å². The minimum absolute atomic E-state index is 0.315. The Morgan fingerprint density at radius 3 is 2.67 bits per heavy atom. The van der Waals surface area contributed by atoms with E-state index in [2.05, 4.69) is 12.0 Å². The summed E-state index contributed by atoms with van der Waals surface area (Å²) < 4.78 is 12.9. The SMILES string of the molecule is CCCn1ncc(OC)c1C(N)COc1ccc(Cl)cc1. The maximum atomic E-state index is 6.23. The summed E-state index contributed by atoms with van der Waals surface area (Å²) in [4.78, 5) is 0. The maximum absolute atomic E-state index is 6.23. The van der Waals surface area contributed by atoms with Gasteiger partial charge in [0.1, 0.15) is 18.1 Å². The number of aryl methyl sites for hydroxylation is 1. The van der Waals surface area contributed by atoms with Crippen molar-refractivity contribution >= 4 is 11.6 Å². The van der Waals surface area contributed by atoms with Gasteiger partial charge in [-0.1, -0.05) is 18.5 Å². The summed E-state index contributed by atoms with van der Waals surface area (Å²) in [6.45, 7) is 3.23. The number of ether oxygens (including phenoxy) is 2. The van der Waals surface area contributed by atoms with E-state index in [0.717, 1.165) is 24.4 Å². The highest BCUT2D eigenvalue weighted by Gasteiger charge is 2.19. The highest BCUT2D eigenvalue weighted by atomic mass is 35.5. The van der Waals surface area contributed by atoms with Gasteiger partial charge in [0.2, 0.25) is 0 Å². The second kappa shape index (κ2) is 7.33. The third-order valence-electron chi connectivity index (χ3n) is 3.09. The lowest BCUT2D eigenvalue weighted by Gasteiger charge is -2.16. The van der Waals surface area contributed by atoms with Gasteiger partial charge in [0.15, 0.2) is 5.75 Å². The monoisotopic (exact) mass is 309 g/mol. The van der Waals surface area contributed by atoms with E-state index in [1.807, 2.05) is 16.8 Å². The highest BCUT2D eigenvalue weighted by Crippen LogP contribution is 2.25. The van der Waals surface area contributed by atoms with Crippen LogP contribution in [0.2, 0.25) is 5.02 Å². The molecule has 0 radical (unpaired) electrons. The number of benzene rings is 1. The van der Waals surface area contributed by atoms with E-state index in [9.17, 15) is 0 Å². The minimum atomic E-state index is -0.315. The van der Waals surface area contributed by atoms with E-state index in [4.69, 9.17) is 26.8 Å². The quantitative estimate of drug-likeness (QED) is 0.854. The molecule has 0 fully saturated rings. The Morgan fingerprint density at radius 2 is 2.05 bits per heavy atom. The molecule has 21 heavy (non-hydrogen) atoms. The Morgan fingerprint density at radius 1 is 1.33 bits per heavy atom. The van der Waals surface area contributed by atoms with Crippen LogP contribution in [-0.2, 0) is 6.54 Å². The predicted molar refractivity (Wildman–Crippen MR) is 82.9 cm³/mol. The van der Waals surface area contributed by atoms with E-state index >= 15 is 0 Å². The van der Waals surface area contributed by atoms with Crippen LogP contribution in [0.4, 0.5) is 0 Å². The van der Waals surface area contributed by atoms with E-state index < -0.39 is 0 Å². The second-order valence-corrected chi connectivity index (χ2v) is 5.13. The zero-order chi connectivity index (χ0) is 15.2. The van der Waals surface area contributed by atoms with Crippen molar-refractivity contribution in [2.75, 3.05) is 13.7 Å². The van der Waals surface area contributed by atoms with Crippen molar-refractivity contribution in [3.8, 4) is 11.5 Å². The molecule has 5 nitrogen and oxygen atoms in total. The van der Waals surface area contributed by atoms with Crippen LogP contribution >= 0.6 is 11.6 Å². The first-order chi connectivity index (χ1) is 10.2. The summed E-state index contributed by atoms with van der Waals surface area (Å²) >= 11 is 5.84. The second-order valence-electron chi connectivity index (χ2n) is 4.69. The molecule has 0 aliphatic heterocycles. The number of methoxy groups -OCH3 is 1. The normalized spacial score (nSPS) is 12.2. The molecule has 0 spiro atoms. The highest BCUT2D eigenvalue weighted by molar-refractivity contribution is 6.30. The Hall–Kier alpha value is -1.72. The van der Waals surface area contributed by atoms with E-state index in [1.165, 1.54) is 0 Å². The Kier molecular flexibility index (Phi) is 5.47. The van der Waals surface area contributed by atoms with E-state index in [0.29, 0.717) is 17.4 Å². The molecule has 1 heterocycles. The molecule has 1 aromatic heterocycles. The van der Waals surface area contributed by atoms with Crippen molar-refractivity contribution in [1.29, 1.82) is 0 Å². The van der Waals surface area contributed by atoms with E-state index in [-0.39, 0.29) is 6.04 Å². The maximum Gasteiger partial charge on any atom is 0.161 e. The molecule has 114 valence electrons. The largest absolute Gasteiger partial charge is 0.493 e. The molecule has 0 saturated heterocycles. The molecule has 0 aliphatic carbocycles. The Bertz CT molecular complexity index is 569. The number of nitrogens with zero attached hydrogens (tertiary/aromatic N) is 2. The van der Waals surface area contributed by atoms with Gasteiger partial charge in [-0.05, 0) is 30.7 Å². The average Bonchev–Trinajstić information content (AvgIpc) is 2.90. The van der Waals surface area contributed by atoms with Crippen molar-refractivity contribution in [3.63, 3.8) is 0 Å². The third kappa shape index (κ3) is 3.89. The summed E-state index contributed by atoms with van der Waals surface area (Å²) in [5.41, 5.74) is 7.09. The van der Waals surface area contributed by atoms with Crippen LogP contribution in [0.15, 0.2) is 30.5 Å². The predicted octanol–water partition coefficient (Wildman–Crippen LogP) is 3.03. The van der Waals surface area contributed by atoms with E-state index in [1.54, 1.807) is 25.4 Å². The van der Waals surface area contributed by atoms with Crippen molar-refractivity contribution in [1.82, 2.24) is 9.78 Å². The number of hydrogen-bond acceptors (Lipinski definition) is 4. The van der Waals surface area contributed by atoms with Gasteiger partial charge in [-0.15, -0.1) is 0 Å². The molecule has 1 atom stereocenters. The first-order valence-corrected chi connectivity index (χ1v) is 7.27. The van der Waals surface area contributed by atoms with Crippen LogP contribution in [0.5, 0.6) is 11.5 Å². The van der Waals surface area contributed by atoms with Crippen molar-refractivity contribution in [2.45, 2.75) is 25.9 Å². The smallest absolute Gasteiger partial charge is 0.161 e. The Balaban J connectivity index is 2.07. The number of aromatic nitrogens is 2. The standard InChI is InChI=1S/C15H20ClN3O2/c1-3-8-19-15(14(20-2)9-18-19)13(17)10-21-12-6-4-11(16)5-7-12/h4-7,9,13H,3,8,10,17H2,1-2H3. The van der Waals surface area contributed by atoms with Crippen molar-refractivity contribution in [2.24, 2.45) is 5.73 Å². The molecular formula is C15H20ClN3O2. The summed E-state index contributed by atoms with van der Waals surface area (Å²) in [6, 6.07) is 6.88. The van der Waals surface area contributed by atoms with Gasteiger partial charge < -0.3 is 15.2 Å². The first-order valence-electron chi connectivity index (χ1n) is 6.89. The average molecular weight is 310 g/mol. The molecule has 2 rings (SSSR count). The van der Waals surface area contributed by atoms with Crippen molar-refractivity contribution in [3.05, 3.63) is 41.2 Å². The summed E-state index contributed by atoms with van der Waals surface area (Å²) in [5, 5.41) is 4.98. The lowest BCUT2D eigenvalue weighted by molar-refractivity contribution is 0.279. The fourth-order valence-corrected chi connectivity index (χ4v) is 2.22. The number of halogens is 1. The fraction of sp³-hybridized carbons (Fsp3) is 0.400. The van der Waals surface area contributed by atoms with Gasteiger partial charge in [0, 0.05) is 11.6 Å². The van der Waals surface area contributed by atoms with Crippen LogP contribution in [-0.4, -0.2) is 23.5 Å².